The Morgan fingerprint density at radius 1 is 0.900 bits per heavy atom. The summed E-state index contributed by atoms with van der Waals surface area (Å²) in [5.41, 5.74) is 0.936. The first-order valence-electron chi connectivity index (χ1n) is 10.1. The number of esters is 1. The van der Waals surface area contributed by atoms with Crippen LogP contribution in [-0.2, 0) is 9.53 Å². The van der Waals surface area contributed by atoms with E-state index in [-0.39, 0.29) is 23.5 Å². The number of hydrogen-bond donors (Lipinski definition) is 0. The topological polar surface area (TPSA) is 61.8 Å². The Labute approximate surface area is 179 Å². The molecule has 0 N–H and O–H groups in total. The number of carbonyl (C=O) groups excluding carboxylic acids is 2. The average Bonchev–Trinajstić information content (AvgIpc) is 2.71. The van der Waals surface area contributed by atoms with Crippen LogP contribution in [0.1, 0.15) is 56.0 Å². The SMILES string of the molecule is COc1cccc(OC)c1C(=O)C(C(=O)OCC(C)CC(C)(C)C)c1ccccc1. The maximum atomic E-state index is 13.6. The molecule has 0 heterocycles. The minimum absolute atomic E-state index is 0.130. The van der Waals surface area contributed by atoms with Crippen molar-refractivity contribution in [1.29, 1.82) is 0 Å². The first-order valence-corrected chi connectivity index (χ1v) is 10.1. The summed E-state index contributed by atoms with van der Waals surface area (Å²) < 4.78 is 16.4. The summed E-state index contributed by atoms with van der Waals surface area (Å²) >= 11 is 0. The van der Waals surface area contributed by atoms with E-state index in [1.807, 2.05) is 13.0 Å². The third-order valence-electron chi connectivity index (χ3n) is 4.78. The Bertz CT molecular complexity index is 829. The van der Waals surface area contributed by atoms with Gasteiger partial charge in [0.05, 0.1) is 20.8 Å². The van der Waals surface area contributed by atoms with Gasteiger partial charge >= 0.3 is 5.97 Å². The van der Waals surface area contributed by atoms with Gasteiger partial charge in [-0.3, -0.25) is 9.59 Å². The van der Waals surface area contributed by atoms with Crippen molar-refractivity contribution < 1.29 is 23.8 Å². The standard InChI is InChI=1S/C25H32O5/c1-17(15-25(2,3)4)16-30-24(27)21(18-11-8-7-9-12-18)23(26)22-19(28-5)13-10-14-20(22)29-6/h7-14,17,21H,15-16H2,1-6H3. The molecule has 0 aromatic heterocycles. The Morgan fingerprint density at radius 3 is 1.97 bits per heavy atom. The molecule has 5 heteroatoms. The lowest BCUT2D eigenvalue weighted by Gasteiger charge is -2.24. The average molecular weight is 413 g/mol. The molecule has 30 heavy (non-hydrogen) atoms. The van der Waals surface area contributed by atoms with Crippen LogP contribution in [0, 0.1) is 11.3 Å². The number of hydrogen-bond acceptors (Lipinski definition) is 5. The van der Waals surface area contributed by atoms with Gasteiger partial charge in [0.15, 0.2) is 5.78 Å². The van der Waals surface area contributed by atoms with Crippen molar-refractivity contribution in [2.45, 2.75) is 40.0 Å². The first-order chi connectivity index (χ1) is 14.2. The molecule has 2 rings (SSSR count). The summed E-state index contributed by atoms with van der Waals surface area (Å²) in [6.07, 6.45) is 0.907. The molecule has 5 nitrogen and oxygen atoms in total. The molecular weight excluding hydrogens is 380 g/mol. The highest BCUT2D eigenvalue weighted by Gasteiger charge is 2.35. The number of ketones is 1. The maximum absolute atomic E-state index is 13.6. The zero-order valence-electron chi connectivity index (χ0n) is 18.7. The van der Waals surface area contributed by atoms with Gasteiger partial charge in [0, 0.05) is 0 Å². The van der Waals surface area contributed by atoms with E-state index < -0.39 is 17.7 Å². The number of methoxy groups -OCH3 is 2. The molecular formula is C25H32O5. The van der Waals surface area contributed by atoms with Gasteiger partial charge in [-0.15, -0.1) is 0 Å². The molecule has 0 saturated heterocycles. The van der Waals surface area contributed by atoms with Crippen LogP contribution in [0.25, 0.3) is 0 Å². The molecule has 2 unspecified atom stereocenters. The molecule has 0 aliphatic carbocycles. The van der Waals surface area contributed by atoms with Gasteiger partial charge in [-0.1, -0.05) is 64.1 Å². The lowest BCUT2D eigenvalue weighted by atomic mass is 9.86. The van der Waals surface area contributed by atoms with Gasteiger partial charge in [-0.25, -0.2) is 0 Å². The van der Waals surface area contributed by atoms with Gasteiger partial charge in [-0.2, -0.15) is 0 Å². The van der Waals surface area contributed by atoms with E-state index in [0.717, 1.165) is 6.42 Å². The number of ether oxygens (including phenoxy) is 3. The Hall–Kier alpha value is -2.82. The van der Waals surface area contributed by atoms with E-state index in [0.29, 0.717) is 17.1 Å². The second kappa shape index (κ2) is 10.3. The highest BCUT2D eigenvalue weighted by Crippen LogP contribution is 2.34. The van der Waals surface area contributed by atoms with Crippen LogP contribution < -0.4 is 9.47 Å². The van der Waals surface area contributed by atoms with Gasteiger partial charge in [0.1, 0.15) is 23.0 Å². The normalized spacial score (nSPS) is 13.3. The van der Waals surface area contributed by atoms with E-state index in [4.69, 9.17) is 14.2 Å². The number of carbonyl (C=O) groups is 2. The van der Waals surface area contributed by atoms with Crippen molar-refractivity contribution >= 4 is 11.8 Å². The molecule has 2 aromatic rings. The van der Waals surface area contributed by atoms with Gasteiger partial charge in [-0.05, 0) is 35.4 Å². The fourth-order valence-corrected chi connectivity index (χ4v) is 3.69. The summed E-state index contributed by atoms with van der Waals surface area (Å²) in [6, 6.07) is 14.0. The van der Waals surface area contributed by atoms with Crippen molar-refractivity contribution in [2.24, 2.45) is 11.3 Å². The molecule has 0 fully saturated rings. The van der Waals surface area contributed by atoms with Gasteiger partial charge in [0.2, 0.25) is 0 Å². The van der Waals surface area contributed by atoms with Crippen LogP contribution in [0.3, 0.4) is 0 Å². The number of rotatable bonds is 9. The first kappa shape index (κ1) is 23.5. The van der Waals surface area contributed by atoms with Crippen LogP contribution in [0.2, 0.25) is 0 Å². The predicted octanol–water partition coefficient (Wildman–Crippen LogP) is 5.29. The van der Waals surface area contributed by atoms with Crippen LogP contribution in [-0.4, -0.2) is 32.6 Å². The fraction of sp³-hybridized carbons (Fsp3) is 0.440. The minimum Gasteiger partial charge on any atom is -0.496 e. The second-order valence-corrected chi connectivity index (χ2v) is 8.75. The van der Waals surface area contributed by atoms with Crippen LogP contribution in [0.5, 0.6) is 11.5 Å². The molecule has 162 valence electrons. The largest absolute Gasteiger partial charge is 0.496 e. The summed E-state index contributed by atoms with van der Waals surface area (Å²) in [6.45, 7) is 8.75. The lowest BCUT2D eigenvalue weighted by Crippen LogP contribution is -2.27. The Morgan fingerprint density at radius 2 is 1.47 bits per heavy atom. The monoisotopic (exact) mass is 412 g/mol. The highest BCUT2D eigenvalue weighted by molar-refractivity contribution is 6.15. The fourth-order valence-electron chi connectivity index (χ4n) is 3.69. The number of benzene rings is 2. The Balaban J connectivity index is 2.36. The van der Waals surface area contributed by atoms with Crippen LogP contribution in [0.15, 0.2) is 48.5 Å². The van der Waals surface area contributed by atoms with E-state index >= 15 is 0 Å². The summed E-state index contributed by atoms with van der Waals surface area (Å²) in [5.74, 6) is -1.19. The molecule has 0 aliphatic heterocycles. The molecule has 0 aliphatic rings. The lowest BCUT2D eigenvalue weighted by molar-refractivity contribution is -0.145. The molecule has 2 aromatic carbocycles. The van der Waals surface area contributed by atoms with Crippen molar-refractivity contribution in [3.63, 3.8) is 0 Å². The third-order valence-corrected chi connectivity index (χ3v) is 4.78. The highest BCUT2D eigenvalue weighted by atomic mass is 16.5. The summed E-state index contributed by atoms with van der Waals surface area (Å²) in [7, 11) is 2.96. The quantitative estimate of drug-likeness (QED) is 0.318. The maximum Gasteiger partial charge on any atom is 0.321 e. The molecule has 0 radical (unpaired) electrons. The van der Waals surface area contributed by atoms with Crippen molar-refractivity contribution in [3.8, 4) is 11.5 Å². The summed E-state index contributed by atoms with van der Waals surface area (Å²) in [4.78, 5) is 26.7. The molecule has 0 saturated carbocycles. The van der Waals surface area contributed by atoms with Crippen LogP contribution >= 0.6 is 0 Å². The molecule has 0 bridgehead atoms. The summed E-state index contributed by atoms with van der Waals surface area (Å²) in [5, 5.41) is 0. The molecule has 2 atom stereocenters. The number of Topliss-reactive ketones (excluding diaryl/α,β-unsaturated/α-hetero) is 1. The van der Waals surface area contributed by atoms with E-state index in [2.05, 4.69) is 20.8 Å². The second-order valence-electron chi connectivity index (χ2n) is 8.75. The van der Waals surface area contributed by atoms with Crippen molar-refractivity contribution in [3.05, 3.63) is 59.7 Å². The molecule has 0 spiro atoms. The zero-order valence-corrected chi connectivity index (χ0v) is 18.7. The predicted molar refractivity (Wildman–Crippen MR) is 117 cm³/mol. The van der Waals surface area contributed by atoms with E-state index in [9.17, 15) is 9.59 Å². The smallest absolute Gasteiger partial charge is 0.321 e. The van der Waals surface area contributed by atoms with Crippen molar-refractivity contribution in [2.75, 3.05) is 20.8 Å². The van der Waals surface area contributed by atoms with E-state index in [1.165, 1.54) is 14.2 Å². The van der Waals surface area contributed by atoms with E-state index in [1.54, 1.807) is 42.5 Å². The van der Waals surface area contributed by atoms with Crippen molar-refractivity contribution in [1.82, 2.24) is 0 Å². The van der Waals surface area contributed by atoms with Gasteiger partial charge in [0.25, 0.3) is 0 Å². The molecule has 0 amide bonds. The third kappa shape index (κ3) is 6.09. The Kier molecular flexibility index (Phi) is 8.04. The van der Waals surface area contributed by atoms with Crippen LogP contribution in [0.4, 0.5) is 0 Å². The zero-order chi connectivity index (χ0) is 22.3. The van der Waals surface area contributed by atoms with Gasteiger partial charge < -0.3 is 14.2 Å². The minimum atomic E-state index is -1.10.